The molecule has 0 fully saturated rings. The van der Waals surface area contributed by atoms with Crippen LogP contribution in [-0.2, 0) is 4.79 Å². The van der Waals surface area contributed by atoms with Crippen LogP contribution < -0.4 is 4.74 Å². The highest BCUT2D eigenvalue weighted by Gasteiger charge is 2.11. The average Bonchev–Trinajstić information content (AvgIpc) is 2.26. The lowest BCUT2D eigenvalue weighted by Crippen LogP contribution is -2.17. The number of carboxylic acid groups (broad SMARTS) is 1. The Labute approximate surface area is 93.9 Å². The Bertz CT molecular complexity index is 381. The van der Waals surface area contributed by atoms with Crippen LogP contribution in [0, 0.1) is 5.92 Å². The maximum atomic E-state index is 11.0. The Morgan fingerprint density at radius 3 is 2.31 bits per heavy atom. The Morgan fingerprint density at radius 2 is 1.88 bits per heavy atom. The summed E-state index contributed by atoms with van der Waals surface area (Å²) in [6, 6.07) is 6.63. The minimum atomic E-state index is -0.889. The highest BCUT2D eigenvalue weighted by Crippen LogP contribution is 2.13. The molecule has 0 aromatic heterocycles. The van der Waals surface area contributed by atoms with E-state index in [2.05, 4.69) is 0 Å². The molecule has 0 radical (unpaired) electrons. The number of ether oxygens (including phenoxy) is 1. The van der Waals surface area contributed by atoms with Gasteiger partial charge in [-0.15, -0.1) is 0 Å². The third-order valence-electron chi connectivity index (χ3n) is 2.18. The molecule has 0 aliphatic rings. The molecule has 1 atom stereocenters. The summed E-state index contributed by atoms with van der Waals surface area (Å²) in [5, 5.41) is 8.65. The van der Waals surface area contributed by atoms with E-state index in [9.17, 15) is 9.59 Å². The summed E-state index contributed by atoms with van der Waals surface area (Å²) in [6.07, 6.45) is 0. The number of carbonyl (C=O) groups is 2. The summed E-state index contributed by atoms with van der Waals surface area (Å²) in [7, 11) is 0. The first-order valence-electron chi connectivity index (χ1n) is 4.97. The molecular weight excluding hydrogens is 208 g/mol. The number of hydrogen-bond donors (Lipinski definition) is 1. The molecule has 86 valence electrons. The highest BCUT2D eigenvalue weighted by molar-refractivity contribution is 5.94. The van der Waals surface area contributed by atoms with Gasteiger partial charge in [0.15, 0.2) is 5.78 Å². The summed E-state index contributed by atoms with van der Waals surface area (Å²) >= 11 is 0. The van der Waals surface area contributed by atoms with Crippen molar-refractivity contribution in [2.45, 2.75) is 13.8 Å². The third-order valence-corrected chi connectivity index (χ3v) is 2.18. The summed E-state index contributed by atoms with van der Waals surface area (Å²) < 4.78 is 5.27. The minimum absolute atomic E-state index is 0.00884. The number of aliphatic carboxylic acids is 1. The first-order chi connectivity index (χ1) is 7.50. The van der Waals surface area contributed by atoms with E-state index in [4.69, 9.17) is 9.84 Å². The molecule has 1 rings (SSSR count). The second-order valence-corrected chi connectivity index (χ2v) is 3.63. The summed E-state index contributed by atoms with van der Waals surface area (Å²) in [5.41, 5.74) is 0.610. The predicted molar refractivity (Wildman–Crippen MR) is 58.7 cm³/mol. The first-order valence-corrected chi connectivity index (χ1v) is 4.97. The van der Waals surface area contributed by atoms with Crippen molar-refractivity contribution in [3.63, 3.8) is 0 Å². The largest absolute Gasteiger partial charge is 0.493 e. The molecule has 0 aliphatic carbocycles. The number of rotatable bonds is 5. The second kappa shape index (κ2) is 5.30. The fraction of sp³-hybridized carbons (Fsp3) is 0.333. The normalized spacial score (nSPS) is 11.9. The first kappa shape index (κ1) is 12.2. The molecule has 4 nitrogen and oxygen atoms in total. The molecular formula is C12H14O4. The zero-order valence-corrected chi connectivity index (χ0v) is 9.27. The van der Waals surface area contributed by atoms with Gasteiger partial charge in [0.25, 0.3) is 0 Å². The second-order valence-electron chi connectivity index (χ2n) is 3.63. The summed E-state index contributed by atoms with van der Waals surface area (Å²) in [5.74, 6) is -0.878. The van der Waals surface area contributed by atoms with Crippen LogP contribution >= 0.6 is 0 Å². The maximum absolute atomic E-state index is 11.0. The van der Waals surface area contributed by atoms with Crippen molar-refractivity contribution in [1.82, 2.24) is 0 Å². The molecule has 1 N–H and O–H groups in total. The zero-order valence-electron chi connectivity index (χ0n) is 9.27. The van der Waals surface area contributed by atoms with Crippen molar-refractivity contribution in [3.05, 3.63) is 29.8 Å². The van der Waals surface area contributed by atoms with Crippen LogP contribution in [0.5, 0.6) is 5.75 Å². The standard InChI is InChI=1S/C12H14O4/c1-8(12(14)15)7-16-11-5-3-10(4-6-11)9(2)13/h3-6,8H,7H2,1-2H3,(H,14,15). The lowest BCUT2D eigenvalue weighted by Gasteiger charge is -2.09. The van der Waals surface area contributed by atoms with Crippen LogP contribution in [0.15, 0.2) is 24.3 Å². The van der Waals surface area contributed by atoms with Crippen molar-refractivity contribution >= 4 is 11.8 Å². The van der Waals surface area contributed by atoms with E-state index in [1.807, 2.05) is 0 Å². The lowest BCUT2D eigenvalue weighted by molar-refractivity contribution is -0.142. The average molecular weight is 222 g/mol. The van der Waals surface area contributed by atoms with E-state index in [1.165, 1.54) is 6.92 Å². The van der Waals surface area contributed by atoms with Crippen molar-refractivity contribution in [2.75, 3.05) is 6.61 Å². The maximum Gasteiger partial charge on any atom is 0.309 e. The van der Waals surface area contributed by atoms with Gasteiger partial charge in [-0.25, -0.2) is 0 Å². The molecule has 0 heterocycles. The van der Waals surface area contributed by atoms with Crippen LogP contribution in [0.25, 0.3) is 0 Å². The minimum Gasteiger partial charge on any atom is -0.493 e. The quantitative estimate of drug-likeness (QED) is 0.774. The molecule has 0 amide bonds. The molecule has 1 aromatic carbocycles. The lowest BCUT2D eigenvalue weighted by atomic mass is 10.1. The fourth-order valence-electron chi connectivity index (χ4n) is 1.08. The van der Waals surface area contributed by atoms with Crippen LogP contribution in [0.2, 0.25) is 0 Å². The van der Waals surface area contributed by atoms with E-state index in [0.717, 1.165) is 0 Å². The van der Waals surface area contributed by atoms with Crippen LogP contribution in [0.4, 0.5) is 0 Å². The van der Waals surface area contributed by atoms with Gasteiger partial charge in [0, 0.05) is 5.56 Å². The van der Waals surface area contributed by atoms with Crippen molar-refractivity contribution in [3.8, 4) is 5.75 Å². The molecule has 0 spiro atoms. The number of ketones is 1. The molecule has 4 heteroatoms. The SMILES string of the molecule is CC(=O)c1ccc(OCC(C)C(=O)O)cc1. The molecule has 0 aliphatic heterocycles. The van der Waals surface area contributed by atoms with Crippen molar-refractivity contribution in [2.24, 2.45) is 5.92 Å². The van der Waals surface area contributed by atoms with E-state index in [-0.39, 0.29) is 12.4 Å². The summed E-state index contributed by atoms with van der Waals surface area (Å²) in [4.78, 5) is 21.5. The van der Waals surface area contributed by atoms with Crippen LogP contribution in [0.3, 0.4) is 0 Å². The third kappa shape index (κ3) is 3.38. The van der Waals surface area contributed by atoms with Gasteiger partial charge in [-0.1, -0.05) is 0 Å². The van der Waals surface area contributed by atoms with Crippen molar-refractivity contribution in [1.29, 1.82) is 0 Å². The molecule has 0 bridgehead atoms. The molecule has 1 unspecified atom stereocenters. The van der Waals surface area contributed by atoms with Gasteiger partial charge in [0.1, 0.15) is 12.4 Å². The molecule has 16 heavy (non-hydrogen) atoms. The number of carbonyl (C=O) groups excluding carboxylic acids is 1. The van der Waals surface area contributed by atoms with Crippen LogP contribution in [0.1, 0.15) is 24.2 Å². The van der Waals surface area contributed by atoms with Crippen molar-refractivity contribution < 1.29 is 19.4 Å². The number of benzene rings is 1. The predicted octanol–water partition coefficient (Wildman–Crippen LogP) is 1.99. The van der Waals surface area contributed by atoms with Gasteiger partial charge in [0.2, 0.25) is 0 Å². The monoisotopic (exact) mass is 222 g/mol. The Balaban J connectivity index is 2.56. The van der Waals surface area contributed by atoms with Gasteiger partial charge in [-0.05, 0) is 38.1 Å². The van der Waals surface area contributed by atoms with E-state index in [0.29, 0.717) is 11.3 Å². The topological polar surface area (TPSA) is 63.6 Å². The van der Waals surface area contributed by atoms with Gasteiger partial charge < -0.3 is 9.84 Å². The van der Waals surface area contributed by atoms with Crippen LogP contribution in [-0.4, -0.2) is 23.5 Å². The van der Waals surface area contributed by atoms with E-state index in [1.54, 1.807) is 31.2 Å². The van der Waals surface area contributed by atoms with E-state index >= 15 is 0 Å². The van der Waals surface area contributed by atoms with Gasteiger partial charge >= 0.3 is 5.97 Å². The Kier molecular flexibility index (Phi) is 4.05. The smallest absolute Gasteiger partial charge is 0.309 e. The number of hydrogen-bond acceptors (Lipinski definition) is 3. The number of Topliss-reactive ketones (excluding diaryl/α,β-unsaturated/α-hetero) is 1. The Hall–Kier alpha value is -1.84. The van der Waals surface area contributed by atoms with E-state index < -0.39 is 11.9 Å². The molecule has 0 saturated heterocycles. The van der Waals surface area contributed by atoms with Gasteiger partial charge in [-0.3, -0.25) is 9.59 Å². The zero-order chi connectivity index (χ0) is 12.1. The highest BCUT2D eigenvalue weighted by atomic mass is 16.5. The van der Waals surface area contributed by atoms with Gasteiger partial charge in [-0.2, -0.15) is 0 Å². The molecule has 1 aromatic rings. The fourth-order valence-corrected chi connectivity index (χ4v) is 1.08. The molecule has 0 saturated carbocycles. The van der Waals surface area contributed by atoms with Gasteiger partial charge in [0.05, 0.1) is 5.92 Å². The number of carboxylic acids is 1. The summed E-state index contributed by atoms with van der Waals surface area (Å²) in [6.45, 7) is 3.18. The Morgan fingerprint density at radius 1 is 1.31 bits per heavy atom.